The van der Waals surface area contributed by atoms with Gasteiger partial charge in [0.1, 0.15) is 0 Å². The van der Waals surface area contributed by atoms with Crippen molar-refractivity contribution < 1.29 is 9.59 Å². The van der Waals surface area contributed by atoms with Crippen LogP contribution in [0.2, 0.25) is 0 Å². The molecule has 2 nitrogen and oxygen atoms in total. The Labute approximate surface area is 156 Å². The van der Waals surface area contributed by atoms with Crippen LogP contribution in [0.5, 0.6) is 0 Å². The van der Waals surface area contributed by atoms with Crippen molar-refractivity contribution >= 4 is 17.6 Å². The smallest absolute Gasteiger partial charge is 0.156 e. The third-order valence-corrected chi connectivity index (χ3v) is 4.40. The Morgan fingerprint density at radius 1 is 0.808 bits per heavy atom. The van der Waals surface area contributed by atoms with Gasteiger partial charge in [-0.05, 0) is 61.1 Å². The molecular formula is C24H26O2. The van der Waals surface area contributed by atoms with E-state index in [9.17, 15) is 9.59 Å². The molecule has 26 heavy (non-hydrogen) atoms. The van der Waals surface area contributed by atoms with Gasteiger partial charge in [0, 0.05) is 12.8 Å². The fourth-order valence-corrected chi connectivity index (χ4v) is 2.71. The van der Waals surface area contributed by atoms with Crippen LogP contribution in [-0.2, 0) is 16.0 Å². The highest BCUT2D eigenvalue weighted by molar-refractivity contribution is 5.94. The molecule has 0 aliphatic carbocycles. The molecule has 0 atom stereocenters. The lowest BCUT2D eigenvalue weighted by Gasteiger charge is -2.03. The van der Waals surface area contributed by atoms with Crippen LogP contribution in [0.25, 0.3) is 6.08 Å². The summed E-state index contributed by atoms with van der Waals surface area (Å²) in [4.78, 5) is 23.8. The van der Waals surface area contributed by atoms with Crippen LogP contribution >= 0.6 is 0 Å². The molecule has 134 valence electrons. The second kappa shape index (κ2) is 10.3. The molecule has 0 fully saturated rings. The largest absolute Gasteiger partial charge is 0.295 e. The number of hydrogen-bond acceptors (Lipinski definition) is 2. The molecule has 2 aromatic carbocycles. The van der Waals surface area contributed by atoms with Crippen LogP contribution in [0.3, 0.4) is 0 Å². The lowest BCUT2D eigenvalue weighted by atomic mass is 10.0. The number of benzene rings is 2. The van der Waals surface area contributed by atoms with Crippen molar-refractivity contribution in [3.05, 3.63) is 89.0 Å². The number of aryl methyl sites for hydroxylation is 3. The molecule has 0 saturated carbocycles. The minimum Gasteiger partial charge on any atom is -0.295 e. The van der Waals surface area contributed by atoms with E-state index in [4.69, 9.17) is 0 Å². The number of carbonyl (C=O) groups excluding carboxylic acids is 2. The highest BCUT2D eigenvalue weighted by Gasteiger charge is 2.01. The van der Waals surface area contributed by atoms with E-state index in [1.165, 1.54) is 11.1 Å². The van der Waals surface area contributed by atoms with Crippen molar-refractivity contribution in [2.45, 2.75) is 39.5 Å². The number of hydrogen-bond donors (Lipinski definition) is 0. The average Bonchev–Trinajstić information content (AvgIpc) is 2.64. The van der Waals surface area contributed by atoms with Gasteiger partial charge in [-0.3, -0.25) is 9.59 Å². The first-order valence-electron chi connectivity index (χ1n) is 9.06. The normalized spacial score (nSPS) is 11.3. The second-order valence-corrected chi connectivity index (χ2v) is 6.49. The number of carbonyl (C=O) groups is 2. The summed E-state index contributed by atoms with van der Waals surface area (Å²) in [7, 11) is 0. The molecule has 2 rings (SSSR count). The topological polar surface area (TPSA) is 34.1 Å². The van der Waals surface area contributed by atoms with Crippen LogP contribution < -0.4 is 0 Å². The van der Waals surface area contributed by atoms with Gasteiger partial charge in [-0.25, -0.2) is 0 Å². The van der Waals surface area contributed by atoms with Gasteiger partial charge in [0.2, 0.25) is 0 Å². The SMILES string of the molecule is Cc1ccccc1C=CC(=O)CCC=CC(=O)CCc1ccccc1C. The molecule has 0 aliphatic heterocycles. The van der Waals surface area contributed by atoms with Crippen molar-refractivity contribution in [3.8, 4) is 0 Å². The number of allylic oxidation sites excluding steroid dienone is 3. The third-order valence-electron chi connectivity index (χ3n) is 4.40. The van der Waals surface area contributed by atoms with Gasteiger partial charge in [-0.2, -0.15) is 0 Å². The van der Waals surface area contributed by atoms with Crippen LogP contribution in [0.1, 0.15) is 41.5 Å². The molecule has 0 amide bonds. The van der Waals surface area contributed by atoms with Crippen LogP contribution in [0.15, 0.2) is 66.8 Å². The molecule has 0 N–H and O–H groups in total. The van der Waals surface area contributed by atoms with E-state index in [-0.39, 0.29) is 11.6 Å². The first kappa shape index (κ1) is 19.6. The zero-order chi connectivity index (χ0) is 18.8. The molecule has 0 aromatic heterocycles. The molecule has 0 aliphatic rings. The van der Waals surface area contributed by atoms with Gasteiger partial charge in [0.25, 0.3) is 0 Å². The molecule has 0 spiro atoms. The Morgan fingerprint density at radius 3 is 2.19 bits per heavy atom. The summed E-state index contributed by atoms with van der Waals surface area (Å²) < 4.78 is 0. The first-order chi connectivity index (χ1) is 12.6. The van der Waals surface area contributed by atoms with Gasteiger partial charge in [-0.1, -0.05) is 60.7 Å². The average molecular weight is 346 g/mol. The molecule has 0 heterocycles. The maximum absolute atomic E-state index is 11.9. The highest BCUT2D eigenvalue weighted by atomic mass is 16.1. The maximum atomic E-state index is 11.9. The predicted octanol–water partition coefficient (Wildman–Crippen LogP) is 5.42. The van der Waals surface area contributed by atoms with Crippen molar-refractivity contribution in [1.82, 2.24) is 0 Å². The quantitative estimate of drug-likeness (QED) is 0.568. The molecule has 0 bridgehead atoms. The third kappa shape index (κ3) is 6.64. The predicted molar refractivity (Wildman–Crippen MR) is 108 cm³/mol. The zero-order valence-corrected chi connectivity index (χ0v) is 15.6. The van der Waals surface area contributed by atoms with Gasteiger partial charge in [0.05, 0.1) is 0 Å². The van der Waals surface area contributed by atoms with Gasteiger partial charge >= 0.3 is 0 Å². The summed E-state index contributed by atoms with van der Waals surface area (Å²) in [5, 5.41) is 0. The first-order valence-corrected chi connectivity index (χ1v) is 9.06. The lowest BCUT2D eigenvalue weighted by Crippen LogP contribution is -1.98. The summed E-state index contributed by atoms with van der Waals surface area (Å²) in [6.45, 7) is 4.08. The van der Waals surface area contributed by atoms with E-state index in [0.717, 1.165) is 17.5 Å². The van der Waals surface area contributed by atoms with Crippen molar-refractivity contribution in [1.29, 1.82) is 0 Å². The summed E-state index contributed by atoms with van der Waals surface area (Å²) in [5.41, 5.74) is 4.64. The van der Waals surface area contributed by atoms with Crippen LogP contribution in [-0.4, -0.2) is 11.6 Å². The molecule has 2 heteroatoms. The Morgan fingerprint density at radius 2 is 1.46 bits per heavy atom. The van der Waals surface area contributed by atoms with Crippen molar-refractivity contribution in [2.75, 3.05) is 0 Å². The van der Waals surface area contributed by atoms with Crippen LogP contribution in [0.4, 0.5) is 0 Å². The van der Waals surface area contributed by atoms with E-state index in [1.807, 2.05) is 49.4 Å². The number of rotatable bonds is 9. The molecule has 0 radical (unpaired) electrons. The van der Waals surface area contributed by atoms with Crippen LogP contribution in [0, 0.1) is 13.8 Å². The summed E-state index contributed by atoms with van der Waals surface area (Å²) in [6.07, 6.45) is 9.16. The number of ketones is 2. The van der Waals surface area contributed by atoms with Gasteiger partial charge < -0.3 is 0 Å². The molecule has 0 unspecified atom stereocenters. The van der Waals surface area contributed by atoms with Crippen molar-refractivity contribution in [2.24, 2.45) is 0 Å². The van der Waals surface area contributed by atoms with Gasteiger partial charge in [0.15, 0.2) is 11.6 Å². The van der Waals surface area contributed by atoms with Crippen molar-refractivity contribution in [3.63, 3.8) is 0 Å². The van der Waals surface area contributed by atoms with E-state index in [2.05, 4.69) is 19.1 Å². The second-order valence-electron chi connectivity index (χ2n) is 6.49. The minimum atomic E-state index is 0.0743. The summed E-state index contributed by atoms with van der Waals surface area (Å²) >= 11 is 0. The van der Waals surface area contributed by atoms with E-state index < -0.39 is 0 Å². The molecule has 0 saturated heterocycles. The van der Waals surface area contributed by atoms with E-state index in [0.29, 0.717) is 19.3 Å². The lowest BCUT2D eigenvalue weighted by molar-refractivity contribution is -0.115. The van der Waals surface area contributed by atoms with Gasteiger partial charge in [-0.15, -0.1) is 0 Å². The standard InChI is InChI=1S/C24H26O2/c1-19-9-3-5-11-21(19)15-17-23(25)13-7-8-14-24(26)18-16-22-12-6-4-10-20(22)2/h3-7,9-13,16,18H,8,14-15,17H2,1-2H3. The minimum absolute atomic E-state index is 0.0743. The molecular weight excluding hydrogens is 320 g/mol. The van der Waals surface area contributed by atoms with E-state index in [1.54, 1.807) is 18.2 Å². The van der Waals surface area contributed by atoms with E-state index >= 15 is 0 Å². The molecule has 2 aromatic rings. The summed E-state index contributed by atoms with van der Waals surface area (Å²) in [6, 6.07) is 16.1. The highest BCUT2D eigenvalue weighted by Crippen LogP contribution is 2.11. The fourth-order valence-electron chi connectivity index (χ4n) is 2.71. The fraction of sp³-hybridized carbons (Fsp3) is 0.250. The Kier molecular flexibility index (Phi) is 7.75. The zero-order valence-electron chi connectivity index (χ0n) is 15.6. The maximum Gasteiger partial charge on any atom is 0.156 e. The monoisotopic (exact) mass is 346 g/mol. The Balaban J connectivity index is 1.71. The Bertz CT molecular complexity index is 812. The Hall–Kier alpha value is -2.74. The summed E-state index contributed by atoms with van der Waals surface area (Å²) in [5.74, 6) is 0.182.